The van der Waals surface area contributed by atoms with Crippen LogP contribution in [0, 0.1) is 11.8 Å². The summed E-state index contributed by atoms with van der Waals surface area (Å²) in [5.41, 5.74) is 5.55. The van der Waals surface area contributed by atoms with Crippen LogP contribution < -0.4 is 22.3 Å². The van der Waals surface area contributed by atoms with E-state index in [2.05, 4.69) is 17.2 Å². The quantitative estimate of drug-likeness (QED) is 0.789. The molecule has 1 aromatic rings. The first-order chi connectivity index (χ1) is 9.88. The summed E-state index contributed by atoms with van der Waals surface area (Å²) in [6.07, 6.45) is 4.45. The molecule has 1 saturated carbocycles. The van der Waals surface area contributed by atoms with Gasteiger partial charge in [0.2, 0.25) is 0 Å². The van der Waals surface area contributed by atoms with Gasteiger partial charge in [-0.2, -0.15) is 0 Å². The molecule has 1 fully saturated rings. The summed E-state index contributed by atoms with van der Waals surface area (Å²) in [5.74, 6) is 1.17. The van der Waals surface area contributed by atoms with E-state index in [0.717, 1.165) is 19.3 Å². The highest BCUT2D eigenvalue weighted by molar-refractivity contribution is 5.60. The van der Waals surface area contributed by atoms with Gasteiger partial charge in [-0.25, -0.2) is 4.79 Å². The molecule has 0 aromatic carbocycles. The van der Waals surface area contributed by atoms with E-state index in [1.54, 1.807) is 0 Å². The zero-order valence-electron chi connectivity index (χ0n) is 13.1. The van der Waals surface area contributed by atoms with Crippen molar-refractivity contribution in [2.75, 3.05) is 11.1 Å². The number of nitrogens with one attached hydrogen (secondary N) is 2. The molecule has 6 heteroatoms. The lowest BCUT2D eigenvalue weighted by atomic mass is 9.87. The summed E-state index contributed by atoms with van der Waals surface area (Å²) >= 11 is 0. The number of anilines is 2. The third kappa shape index (κ3) is 3.68. The molecule has 2 unspecified atom stereocenters. The Bertz CT molecular complexity index is 603. The molecule has 0 bridgehead atoms. The molecule has 1 aliphatic rings. The van der Waals surface area contributed by atoms with Gasteiger partial charge in [0.15, 0.2) is 0 Å². The predicted octanol–water partition coefficient (Wildman–Crippen LogP) is 1.77. The maximum atomic E-state index is 12.0. The number of nitrogens with two attached hydrogens (primary N) is 1. The minimum Gasteiger partial charge on any atom is -0.383 e. The molecule has 1 aliphatic carbocycles. The molecule has 1 aromatic heterocycles. The van der Waals surface area contributed by atoms with Gasteiger partial charge in [0.05, 0.1) is 0 Å². The van der Waals surface area contributed by atoms with Gasteiger partial charge in [-0.05, 0) is 24.7 Å². The van der Waals surface area contributed by atoms with Crippen LogP contribution in [-0.2, 0) is 6.54 Å². The summed E-state index contributed by atoms with van der Waals surface area (Å²) in [6.45, 7) is 6.73. The highest BCUT2D eigenvalue weighted by Crippen LogP contribution is 2.26. The molecule has 2 atom stereocenters. The number of aromatic nitrogens is 2. The summed E-state index contributed by atoms with van der Waals surface area (Å²) < 4.78 is 1.45. The van der Waals surface area contributed by atoms with Crippen LogP contribution in [0.25, 0.3) is 0 Å². The Kier molecular flexibility index (Phi) is 4.75. The fourth-order valence-corrected chi connectivity index (χ4v) is 3.04. The fraction of sp³-hybridized carbons (Fsp3) is 0.733. The number of rotatable bonds is 4. The van der Waals surface area contributed by atoms with Crippen molar-refractivity contribution >= 4 is 11.5 Å². The summed E-state index contributed by atoms with van der Waals surface area (Å²) in [7, 11) is 0. The van der Waals surface area contributed by atoms with Crippen LogP contribution >= 0.6 is 0 Å². The van der Waals surface area contributed by atoms with Crippen molar-refractivity contribution in [3.8, 4) is 0 Å². The van der Waals surface area contributed by atoms with E-state index in [0.29, 0.717) is 18.2 Å². The van der Waals surface area contributed by atoms with Crippen LogP contribution in [0.4, 0.5) is 11.5 Å². The second-order valence-electron chi connectivity index (χ2n) is 6.64. The van der Waals surface area contributed by atoms with Crippen LogP contribution in [-0.4, -0.2) is 15.6 Å². The minimum atomic E-state index is -0.436. The summed E-state index contributed by atoms with van der Waals surface area (Å²) in [5, 5.41) is 3.26. The Balaban J connectivity index is 2.30. The molecule has 2 rings (SSSR count). The average molecular weight is 294 g/mol. The van der Waals surface area contributed by atoms with Gasteiger partial charge in [-0.1, -0.05) is 33.6 Å². The van der Waals surface area contributed by atoms with Gasteiger partial charge in [-0.15, -0.1) is 0 Å². The molecule has 0 radical (unpaired) electrons. The van der Waals surface area contributed by atoms with E-state index < -0.39 is 11.2 Å². The monoisotopic (exact) mass is 294 g/mol. The van der Waals surface area contributed by atoms with E-state index in [1.807, 2.05) is 13.8 Å². The van der Waals surface area contributed by atoms with Crippen molar-refractivity contribution in [1.82, 2.24) is 9.55 Å². The third-order valence-electron chi connectivity index (χ3n) is 4.07. The van der Waals surface area contributed by atoms with Gasteiger partial charge in [0.25, 0.3) is 5.56 Å². The van der Waals surface area contributed by atoms with Crippen molar-refractivity contribution in [3.63, 3.8) is 0 Å². The zero-order valence-corrected chi connectivity index (χ0v) is 13.1. The Morgan fingerprint density at radius 1 is 1.38 bits per heavy atom. The molecular formula is C15H26N4O2. The maximum absolute atomic E-state index is 12.0. The molecular weight excluding hydrogens is 268 g/mol. The number of H-pyrrole nitrogens is 1. The number of hydrogen-bond acceptors (Lipinski definition) is 4. The average Bonchev–Trinajstić information content (AvgIpc) is 2.39. The van der Waals surface area contributed by atoms with E-state index in [9.17, 15) is 9.59 Å². The molecule has 118 valence electrons. The first kappa shape index (κ1) is 15.7. The highest BCUT2D eigenvalue weighted by atomic mass is 16.2. The smallest absolute Gasteiger partial charge is 0.330 e. The molecule has 21 heavy (non-hydrogen) atoms. The topological polar surface area (TPSA) is 92.9 Å². The molecule has 0 saturated heterocycles. The first-order valence-corrected chi connectivity index (χ1v) is 7.77. The Morgan fingerprint density at radius 3 is 2.71 bits per heavy atom. The van der Waals surface area contributed by atoms with Crippen LogP contribution in [0.3, 0.4) is 0 Å². The van der Waals surface area contributed by atoms with Gasteiger partial charge in [0, 0.05) is 12.6 Å². The second-order valence-corrected chi connectivity index (χ2v) is 6.64. The summed E-state index contributed by atoms with van der Waals surface area (Å²) in [4.78, 5) is 26.3. The molecule has 6 nitrogen and oxygen atoms in total. The van der Waals surface area contributed by atoms with Gasteiger partial charge >= 0.3 is 5.69 Å². The van der Waals surface area contributed by atoms with Crippen LogP contribution in [0.15, 0.2) is 9.59 Å². The zero-order chi connectivity index (χ0) is 15.6. The lowest BCUT2D eigenvalue weighted by Crippen LogP contribution is -2.37. The molecule has 0 amide bonds. The normalized spacial score (nSPS) is 22.5. The van der Waals surface area contributed by atoms with E-state index >= 15 is 0 Å². The van der Waals surface area contributed by atoms with Crippen molar-refractivity contribution in [1.29, 1.82) is 0 Å². The molecule has 0 spiro atoms. The molecule has 0 aliphatic heterocycles. The van der Waals surface area contributed by atoms with E-state index in [1.165, 1.54) is 11.0 Å². The van der Waals surface area contributed by atoms with Crippen LogP contribution in [0.5, 0.6) is 0 Å². The van der Waals surface area contributed by atoms with Gasteiger partial charge in [0.1, 0.15) is 11.5 Å². The number of nitrogen functional groups attached to an aromatic ring is 1. The number of nitrogens with zero attached hydrogens (tertiary/aromatic N) is 1. The fourth-order valence-electron chi connectivity index (χ4n) is 3.04. The SMILES string of the molecule is CC(C)Cn1c(N)c(NC2CCCC(C)C2)c(=O)[nH]c1=O. The molecule has 1 heterocycles. The largest absolute Gasteiger partial charge is 0.383 e. The van der Waals surface area contributed by atoms with Crippen molar-refractivity contribution in [3.05, 3.63) is 20.8 Å². The lowest BCUT2D eigenvalue weighted by molar-refractivity contribution is 0.358. The number of hydrogen-bond donors (Lipinski definition) is 3. The third-order valence-corrected chi connectivity index (χ3v) is 4.07. The molecule has 4 N–H and O–H groups in total. The van der Waals surface area contributed by atoms with Crippen LogP contribution in [0.2, 0.25) is 0 Å². The Morgan fingerprint density at radius 2 is 2.10 bits per heavy atom. The van der Waals surface area contributed by atoms with Crippen molar-refractivity contribution < 1.29 is 0 Å². The first-order valence-electron chi connectivity index (χ1n) is 7.77. The highest BCUT2D eigenvalue weighted by Gasteiger charge is 2.21. The number of aromatic amines is 1. The van der Waals surface area contributed by atoms with E-state index in [-0.39, 0.29) is 17.8 Å². The van der Waals surface area contributed by atoms with Crippen molar-refractivity contribution in [2.45, 2.75) is 59.0 Å². The Labute approximate surface area is 124 Å². The van der Waals surface area contributed by atoms with Gasteiger partial charge in [-0.3, -0.25) is 14.3 Å². The lowest BCUT2D eigenvalue weighted by Gasteiger charge is -2.28. The van der Waals surface area contributed by atoms with Crippen molar-refractivity contribution in [2.24, 2.45) is 11.8 Å². The van der Waals surface area contributed by atoms with E-state index in [4.69, 9.17) is 5.73 Å². The maximum Gasteiger partial charge on any atom is 0.330 e. The van der Waals surface area contributed by atoms with Crippen LogP contribution in [0.1, 0.15) is 46.5 Å². The summed E-state index contributed by atoms with van der Waals surface area (Å²) in [6, 6.07) is 0.252. The van der Waals surface area contributed by atoms with Gasteiger partial charge < -0.3 is 11.1 Å². The predicted molar refractivity (Wildman–Crippen MR) is 85.6 cm³/mol. The minimum absolute atomic E-state index is 0.246. The Hall–Kier alpha value is -1.72. The standard InChI is InChI=1S/C15H26N4O2/c1-9(2)8-19-13(16)12(14(20)18-15(19)21)17-11-6-4-5-10(3)7-11/h9-11,17H,4-8,16H2,1-3H3,(H,18,20,21). The second kappa shape index (κ2) is 6.37.